The van der Waals surface area contributed by atoms with Gasteiger partial charge < -0.3 is 9.84 Å². The zero-order valence-corrected chi connectivity index (χ0v) is 16.6. The number of benzene rings is 1. The number of aromatic carboxylic acids is 1. The number of rotatable bonds is 13. The van der Waals surface area contributed by atoms with Crippen LogP contribution in [0.25, 0.3) is 0 Å². The molecule has 0 saturated carbocycles. The summed E-state index contributed by atoms with van der Waals surface area (Å²) in [5.41, 5.74) is 1.00. The van der Waals surface area contributed by atoms with Crippen molar-refractivity contribution in [1.29, 1.82) is 0 Å². The highest BCUT2D eigenvalue weighted by atomic mass is 16.5. The van der Waals surface area contributed by atoms with Crippen molar-refractivity contribution >= 4 is 11.9 Å². The van der Waals surface area contributed by atoms with E-state index in [1.165, 1.54) is 25.7 Å². The van der Waals surface area contributed by atoms with Gasteiger partial charge in [0.1, 0.15) is 0 Å². The number of unbranched alkanes of at least 4 members (excludes halogenated alkanes) is 5. The normalized spacial score (nSPS) is 10.9. The fourth-order valence-electron chi connectivity index (χ4n) is 3.02. The molecular formula is C22H34O4. The van der Waals surface area contributed by atoms with Gasteiger partial charge in [0.15, 0.2) is 0 Å². The minimum Gasteiger partial charge on any atom is -0.478 e. The molecule has 4 heteroatoms. The highest BCUT2D eigenvalue weighted by molar-refractivity contribution is 6.03. The first-order valence-electron chi connectivity index (χ1n) is 9.99. The van der Waals surface area contributed by atoms with Crippen molar-refractivity contribution in [2.75, 3.05) is 6.61 Å². The van der Waals surface area contributed by atoms with Gasteiger partial charge >= 0.3 is 11.9 Å². The van der Waals surface area contributed by atoms with Crippen LogP contribution in [0.5, 0.6) is 0 Å². The van der Waals surface area contributed by atoms with Gasteiger partial charge in [0.05, 0.1) is 17.7 Å². The second kappa shape index (κ2) is 12.5. The Kier molecular flexibility index (Phi) is 10.7. The maximum atomic E-state index is 12.2. The third-order valence-electron chi connectivity index (χ3n) is 4.54. The quantitative estimate of drug-likeness (QED) is 0.351. The molecule has 1 aromatic rings. The standard InChI is InChI=1S/C22H34O4/c1-4-5-16-26-22(25)19-15-11-14-18(20(19)21(23)24)13-10-8-6-7-9-12-17(2)3/h11,14-15,17H,4-10,12-13,16H2,1-3H3,(H,23,24). The van der Waals surface area contributed by atoms with E-state index in [4.69, 9.17) is 4.74 Å². The second-order valence-electron chi connectivity index (χ2n) is 7.33. The first kappa shape index (κ1) is 22.2. The van der Waals surface area contributed by atoms with Crippen molar-refractivity contribution < 1.29 is 19.4 Å². The summed E-state index contributed by atoms with van der Waals surface area (Å²) in [6.45, 7) is 6.83. The van der Waals surface area contributed by atoms with E-state index in [0.717, 1.165) is 37.2 Å². The molecule has 1 aromatic carbocycles. The molecule has 0 radical (unpaired) electrons. The Morgan fingerprint density at radius 1 is 1.04 bits per heavy atom. The van der Waals surface area contributed by atoms with Crippen LogP contribution in [0.2, 0.25) is 0 Å². The van der Waals surface area contributed by atoms with E-state index in [1.54, 1.807) is 12.1 Å². The van der Waals surface area contributed by atoms with Crippen LogP contribution in [0.1, 0.15) is 98.4 Å². The Labute approximate surface area is 158 Å². The third kappa shape index (κ3) is 8.03. The topological polar surface area (TPSA) is 63.6 Å². The van der Waals surface area contributed by atoms with E-state index < -0.39 is 11.9 Å². The van der Waals surface area contributed by atoms with Crippen molar-refractivity contribution in [2.24, 2.45) is 5.92 Å². The highest BCUT2D eigenvalue weighted by Gasteiger charge is 2.21. The van der Waals surface area contributed by atoms with Crippen molar-refractivity contribution in [3.8, 4) is 0 Å². The zero-order valence-electron chi connectivity index (χ0n) is 16.6. The lowest BCUT2D eigenvalue weighted by molar-refractivity contribution is 0.0489. The summed E-state index contributed by atoms with van der Waals surface area (Å²) in [7, 11) is 0. The largest absolute Gasteiger partial charge is 0.478 e. The summed E-state index contributed by atoms with van der Waals surface area (Å²) in [5.74, 6) is -0.834. The van der Waals surface area contributed by atoms with Crippen LogP contribution >= 0.6 is 0 Å². The molecule has 0 aliphatic heterocycles. The maximum Gasteiger partial charge on any atom is 0.339 e. The molecule has 0 aliphatic carbocycles. The molecule has 1 N–H and O–H groups in total. The van der Waals surface area contributed by atoms with Gasteiger partial charge in [0.25, 0.3) is 0 Å². The molecule has 0 aromatic heterocycles. The molecule has 0 aliphatic rings. The summed E-state index contributed by atoms with van der Waals surface area (Å²) in [5, 5.41) is 9.58. The fraction of sp³-hybridized carbons (Fsp3) is 0.636. The number of carbonyl (C=O) groups is 2. The number of hydrogen-bond acceptors (Lipinski definition) is 3. The Morgan fingerprint density at radius 3 is 2.38 bits per heavy atom. The van der Waals surface area contributed by atoms with Gasteiger partial charge in [-0.25, -0.2) is 9.59 Å². The monoisotopic (exact) mass is 362 g/mol. The Bertz CT molecular complexity index is 563. The Balaban J connectivity index is 2.61. The van der Waals surface area contributed by atoms with E-state index in [1.807, 2.05) is 13.0 Å². The minimum absolute atomic E-state index is 0.105. The van der Waals surface area contributed by atoms with Gasteiger partial charge in [0, 0.05) is 0 Å². The van der Waals surface area contributed by atoms with Gasteiger partial charge in [0.2, 0.25) is 0 Å². The molecule has 0 fully saturated rings. The molecule has 0 spiro atoms. The zero-order chi connectivity index (χ0) is 19.4. The predicted octanol–water partition coefficient (Wildman–Crippen LogP) is 5.88. The SMILES string of the molecule is CCCCOC(=O)c1cccc(CCCCCCCC(C)C)c1C(=O)O. The molecule has 0 heterocycles. The first-order chi connectivity index (χ1) is 12.5. The van der Waals surface area contributed by atoms with Crippen LogP contribution in [-0.4, -0.2) is 23.7 Å². The van der Waals surface area contributed by atoms with Crippen LogP contribution < -0.4 is 0 Å². The molecule has 146 valence electrons. The van der Waals surface area contributed by atoms with E-state index in [2.05, 4.69) is 13.8 Å². The summed E-state index contributed by atoms with van der Waals surface area (Å²) >= 11 is 0. The Morgan fingerprint density at radius 2 is 1.73 bits per heavy atom. The van der Waals surface area contributed by atoms with Gasteiger partial charge in [-0.05, 0) is 36.8 Å². The van der Waals surface area contributed by atoms with Crippen molar-refractivity contribution in [3.05, 3.63) is 34.9 Å². The number of aryl methyl sites for hydroxylation is 1. The lowest BCUT2D eigenvalue weighted by atomic mass is 9.96. The van der Waals surface area contributed by atoms with E-state index in [0.29, 0.717) is 13.0 Å². The predicted molar refractivity (Wildman–Crippen MR) is 105 cm³/mol. The molecule has 1 rings (SSSR count). The molecule has 0 amide bonds. The van der Waals surface area contributed by atoms with Crippen LogP contribution in [0.3, 0.4) is 0 Å². The van der Waals surface area contributed by atoms with E-state index in [9.17, 15) is 14.7 Å². The smallest absolute Gasteiger partial charge is 0.339 e. The lowest BCUT2D eigenvalue weighted by Gasteiger charge is -2.11. The highest BCUT2D eigenvalue weighted by Crippen LogP contribution is 2.20. The molecule has 0 bridgehead atoms. The van der Waals surface area contributed by atoms with Crippen molar-refractivity contribution in [2.45, 2.75) is 78.6 Å². The summed E-state index contributed by atoms with van der Waals surface area (Å²) in [6.07, 6.45) is 9.35. The number of carbonyl (C=O) groups excluding carboxylic acids is 1. The molecule has 4 nitrogen and oxygen atoms in total. The Hall–Kier alpha value is -1.84. The number of carboxylic acids is 1. The van der Waals surface area contributed by atoms with Crippen molar-refractivity contribution in [3.63, 3.8) is 0 Å². The van der Waals surface area contributed by atoms with Crippen LogP contribution in [0.4, 0.5) is 0 Å². The van der Waals surface area contributed by atoms with E-state index >= 15 is 0 Å². The molecule has 0 unspecified atom stereocenters. The average Bonchev–Trinajstić information content (AvgIpc) is 2.60. The number of carboxylic acid groups (broad SMARTS) is 1. The van der Waals surface area contributed by atoms with Crippen LogP contribution in [0.15, 0.2) is 18.2 Å². The molecule has 26 heavy (non-hydrogen) atoms. The second-order valence-corrected chi connectivity index (χ2v) is 7.33. The van der Waals surface area contributed by atoms with Gasteiger partial charge in [-0.2, -0.15) is 0 Å². The fourth-order valence-corrected chi connectivity index (χ4v) is 3.02. The van der Waals surface area contributed by atoms with Gasteiger partial charge in [-0.1, -0.05) is 71.4 Å². The number of esters is 1. The number of ether oxygens (including phenoxy) is 1. The van der Waals surface area contributed by atoms with E-state index in [-0.39, 0.29) is 11.1 Å². The van der Waals surface area contributed by atoms with Crippen LogP contribution in [-0.2, 0) is 11.2 Å². The first-order valence-corrected chi connectivity index (χ1v) is 9.99. The summed E-state index contributed by atoms with van der Waals surface area (Å²) in [4.78, 5) is 23.9. The maximum absolute atomic E-state index is 12.2. The third-order valence-corrected chi connectivity index (χ3v) is 4.54. The average molecular weight is 363 g/mol. The molecule has 0 atom stereocenters. The van der Waals surface area contributed by atoms with Gasteiger partial charge in [-0.3, -0.25) is 0 Å². The summed E-state index contributed by atoms with van der Waals surface area (Å²) in [6, 6.07) is 5.11. The minimum atomic E-state index is -1.06. The van der Waals surface area contributed by atoms with Crippen molar-refractivity contribution in [1.82, 2.24) is 0 Å². The number of hydrogen-bond donors (Lipinski definition) is 1. The van der Waals surface area contributed by atoms with Gasteiger partial charge in [-0.15, -0.1) is 0 Å². The lowest BCUT2D eigenvalue weighted by Crippen LogP contribution is -2.14. The molecular weight excluding hydrogens is 328 g/mol. The summed E-state index contributed by atoms with van der Waals surface area (Å²) < 4.78 is 5.20. The molecule has 0 saturated heterocycles. The van der Waals surface area contributed by atoms with Crippen LogP contribution in [0, 0.1) is 5.92 Å².